The lowest BCUT2D eigenvalue weighted by Crippen LogP contribution is -2.12. The summed E-state index contributed by atoms with van der Waals surface area (Å²) in [4.78, 5) is 0. The predicted octanol–water partition coefficient (Wildman–Crippen LogP) is 4.05. The van der Waals surface area contributed by atoms with Crippen molar-refractivity contribution in [2.24, 2.45) is 0 Å². The highest BCUT2D eigenvalue weighted by atomic mass is 16.3. The van der Waals surface area contributed by atoms with Crippen molar-refractivity contribution in [1.29, 1.82) is 0 Å². The summed E-state index contributed by atoms with van der Waals surface area (Å²) in [7, 11) is 0. The van der Waals surface area contributed by atoms with Gasteiger partial charge in [0.05, 0.1) is 11.4 Å². The summed E-state index contributed by atoms with van der Waals surface area (Å²) in [5.41, 5.74) is 5.15. The third-order valence-electron chi connectivity index (χ3n) is 3.75. The van der Waals surface area contributed by atoms with Crippen LogP contribution in [0.15, 0.2) is 18.2 Å². The first-order valence-electron chi connectivity index (χ1n) is 7.14. The van der Waals surface area contributed by atoms with Crippen molar-refractivity contribution in [2.45, 2.75) is 53.4 Å². The second kappa shape index (κ2) is 4.97. The van der Waals surface area contributed by atoms with E-state index in [-0.39, 0.29) is 11.3 Å². The fraction of sp³-hybridized carbons (Fsp3) is 0.471. The smallest absolute Gasteiger partial charge is 0.218 e. The summed E-state index contributed by atoms with van der Waals surface area (Å²) in [6.07, 6.45) is 0.817. The summed E-state index contributed by atoms with van der Waals surface area (Å²) >= 11 is 0. The highest BCUT2D eigenvalue weighted by Crippen LogP contribution is 2.35. The number of aryl methyl sites for hydroxylation is 3. The van der Waals surface area contributed by atoms with E-state index in [0.717, 1.165) is 23.4 Å². The van der Waals surface area contributed by atoms with Crippen molar-refractivity contribution in [3.63, 3.8) is 0 Å². The van der Waals surface area contributed by atoms with Gasteiger partial charge in [0.25, 0.3) is 0 Å². The summed E-state index contributed by atoms with van der Waals surface area (Å²) in [5.74, 6) is 0.262. The maximum atomic E-state index is 10.6. The predicted molar refractivity (Wildman–Crippen MR) is 82.8 cm³/mol. The molecule has 2 rings (SSSR count). The fourth-order valence-electron chi connectivity index (χ4n) is 2.51. The molecule has 3 nitrogen and oxygen atoms in total. The molecule has 0 saturated heterocycles. The van der Waals surface area contributed by atoms with Crippen molar-refractivity contribution in [3.8, 4) is 11.6 Å². The van der Waals surface area contributed by atoms with Gasteiger partial charge in [0.1, 0.15) is 0 Å². The van der Waals surface area contributed by atoms with Crippen LogP contribution in [0.25, 0.3) is 5.69 Å². The first-order valence-corrected chi connectivity index (χ1v) is 7.14. The Morgan fingerprint density at radius 1 is 1.15 bits per heavy atom. The highest BCUT2D eigenvalue weighted by molar-refractivity contribution is 5.46. The van der Waals surface area contributed by atoms with E-state index >= 15 is 0 Å². The molecular weight excluding hydrogens is 248 g/mol. The topological polar surface area (TPSA) is 38.0 Å². The van der Waals surface area contributed by atoms with Crippen LogP contribution in [0.2, 0.25) is 0 Å². The minimum Gasteiger partial charge on any atom is -0.493 e. The molecule has 20 heavy (non-hydrogen) atoms. The first kappa shape index (κ1) is 14.6. The Kier molecular flexibility index (Phi) is 3.63. The molecule has 2 aromatic rings. The van der Waals surface area contributed by atoms with E-state index in [1.807, 2.05) is 6.07 Å². The van der Waals surface area contributed by atoms with Crippen LogP contribution in [0, 0.1) is 13.8 Å². The molecule has 0 amide bonds. The van der Waals surface area contributed by atoms with Crippen LogP contribution in [-0.2, 0) is 11.8 Å². The molecule has 1 N–H and O–H groups in total. The molecule has 0 spiro atoms. The van der Waals surface area contributed by atoms with Crippen molar-refractivity contribution in [2.75, 3.05) is 0 Å². The van der Waals surface area contributed by atoms with Gasteiger partial charge < -0.3 is 5.11 Å². The summed E-state index contributed by atoms with van der Waals surface area (Å²) in [6, 6.07) is 6.13. The molecule has 0 radical (unpaired) electrons. The van der Waals surface area contributed by atoms with E-state index in [0.29, 0.717) is 0 Å². The maximum absolute atomic E-state index is 10.6. The van der Waals surface area contributed by atoms with Crippen molar-refractivity contribution >= 4 is 0 Å². The Morgan fingerprint density at radius 3 is 2.25 bits per heavy atom. The van der Waals surface area contributed by atoms with Gasteiger partial charge in [-0.2, -0.15) is 5.10 Å². The van der Waals surface area contributed by atoms with E-state index in [9.17, 15) is 5.11 Å². The van der Waals surface area contributed by atoms with Crippen LogP contribution < -0.4 is 0 Å². The highest BCUT2D eigenvalue weighted by Gasteiger charge is 2.27. The zero-order chi connectivity index (χ0) is 15.1. The van der Waals surface area contributed by atoms with Gasteiger partial charge >= 0.3 is 0 Å². The Hall–Kier alpha value is -1.77. The Balaban J connectivity index is 2.64. The molecule has 1 heterocycles. The zero-order valence-corrected chi connectivity index (χ0v) is 13.3. The monoisotopic (exact) mass is 272 g/mol. The molecule has 1 aromatic heterocycles. The number of hydrogen-bond donors (Lipinski definition) is 1. The molecule has 0 unspecified atom stereocenters. The normalized spacial score (nSPS) is 11.9. The lowest BCUT2D eigenvalue weighted by Gasteiger charge is -2.18. The molecule has 0 fully saturated rings. The van der Waals surface area contributed by atoms with E-state index < -0.39 is 0 Å². The minimum atomic E-state index is -0.118. The Labute approximate surface area is 121 Å². The molecule has 0 saturated carbocycles. The standard InChI is InChI=1S/C17H24N2O/c1-7-14-15(17(4,5)6)16(20)19(18-14)13-9-8-11(2)12(3)10-13/h8-10,20H,7H2,1-6H3. The number of aromatic nitrogens is 2. The van der Waals surface area contributed by atoms with Crippen molar-refractivity contribution < 1.29 is 5.11 Å². The lowest BCUT2D eigenvalue weighted by molar-refractivity contribution is 0.413. The average Bonchev–Trinajstić information content (AvgIpc) is 2.69. The van der Waals surface area contributed by atoms with E-state index in [2.05, 4.69) is 58.8 Å². The Morgan fingerprint density at radius 2 is 1.80 bits per heavy atom. The van der Waals surface area contributed by atoms with Gasteiger partial charge in [-0.05, 0) is 48.9 Å². The molecule has 1 aromatic carbocycles. The maximum Gasteiger partial charge on any atom is 0.218 e. The number of rotatable bonds is 2. The molecule has 0 aliphatic heterocycles. The summed E-state index contributed by atoms with van der Waals surface area (Å²) < 4.78 is 1.66. The van der Waals surface area contributed by atoms with Gasteiger partial charge in [0, 0.05) is 5.56 Å². The second-order valence-electron chi connectivity index (χ2n) is 6.43. The van der Waals surface area contributed by atoms with Gasteiger partial charge in [-0.15, -0.1) is 0 Å². The minimum absolute atomic E-state index is 0.118. The van der Waals surface area contributed by atoms with Crippen LogP contribution >= 0.6 is 0 Å². The SMILES string of the molecule is CCc1nn(-c2ccc(C)c(C)c2)c(O)c1C(C)(C)C. The van der Waals surface area contributed by atoms with E-state index in [1.165, 1.54) is 11.1 Å². The number of benzene rings is 1. The van der Waals surface area contributed by atoms with Gasteiger partial charge in [-0.3, -0.25) is 0 Å². The molecule has 3 heteroatoms. The largest absolute Gasteiger partial charge is 0.493 e. The van der Waals surface area contributed by atoms with Gasteiger partial charge in [0.15, 0.2) is 0 Å². The van der Waals surface area contributed by atoms with E-state index in [1.54, 1.807) is 4.68 Å². The van der Waals surface area contributed by atoms with Crippen LogP contribution in [0.3, 0.4) is 0 Å². The molecule has 0 bridgehead atoms. The van der Waals surface area contributed by atoms with Crippen molar-refractivity contribution in [3.05, 3.63) is 40.6 Å². The molecule has 0 aliphatic rings. The fourth-order valence-corrected chi connectivity index (χ4v) is 2.51. The van der Waals surface area contributed by atoms with Gasteiger partial charge in [0.2, 0.25) is 5.88 Å². The first-order chi connectivity index (χ1) is 9.25. The lowest BCUT2D eigenvalue weighted by atomic mass is 9.86. The Bertz CT molecular complexity index is 633. The van der Waals surface area contributed by atoms with Crippen LogP contribution in [0.1, 0.15) is 50.1 Å². The van der Waals surface area contributed by atoms with Crippen LogP contribution in [0.5, 0.6) is 5.88 Å². The molecule has 108 valence electrons. The van der Waals surface area contributed by atoms with Crippen LogP contribution in [0.4, 0.5) is 0 Å². The number of hydrogen-bond acceptors (Lipinski definition) is 2. The number of aromatic hydroxyl groups is 1. The second-order valence-corrected chi connectivity index (χ2v) is 6.43. The van der Waals surface area contributed by atoms with Crippen molar-refractivity contribution in [1.82, 2.24) is 9.78 Å². The third-order valence-corrected chi connectivity index (χ3v) is 3.75. The summed E-state index contributed by atoms with van der Waals surface area (Å²) in [6.45, 7) is 12.5. The van der Waals surface area contributed by atoms with Gasteiger partial charge in [-0.1, -0.05) is 33.8 Å². The average molecular weight is 272 g/mol. The molecule has 0 aliphatic carbocycles. The van der Waals surface area contributed by atoms with Gasteiger partial charge in [-0.25, -0.2) is 4.68 Å². The molecule has 0 atom stereocenters. The summed E-state index contributed by atoms with van der Waals surface area (Å²) in [5, 5.41) is 15.2. The quantitative estimate of drug-likeness (QED) is 0.895. The van der Waals surface area contributed by atoms with Crippen LogP contribution in [-0.4, -0.2) is 14.9 Å². The zero-order valence-electron chi connectivity index (χ0n) is 13.3. The number of nitrogens with zero attached hydrogens (tertiary/aromatic N) is 2. The van der Waals surface area contributed by atoms with E-state index in [4.69, 9.17) is 0 Å². The third kappa shape index (κ3) is 2.45. The molecular formula is C17H24N2O.